The smallest absolute Gasteiger partial charge is 0.227 e. The molecule has 0 radical (unpaired) electrons. The molecule has 1 N–H and O–H groups in total. The summed E-state index contributed by atoms with van der Waals surface area (Å²) in [7, 11) is 0. The summed E-state index contributed by atoms with van der Waals surface area (Å²) in [6.45, 7) is 1.96. The molecule has 0 fully saturated rings. The summed E-state index contributed by atoms with van der Waals surface area (Å²) in [4.78, 5) is 21.9. The lowest BCUT2D eigenvalue weighted by atomic mass is 10.1. The summed E-state index contributed by atoms with van der Waals surface area (Å²) in [6.07, 6.45) is 0.723. The van der Waals surface area contributed by atoms with Crippen molar-refractivity contribution in [3.05, 3.63) is 34.3 Å². The number of carbonyl (C=O) groups is 2. The third kappa shape index (κ3) is 4.57. The van der Waals surface area contributed by atoms with Crippen LogP contribution < -0.4 is 5.32 Å². The fourth-order valence-corrected chi connectivity index (χ4v) is 1.81. The first-order valence-electron chi connectivity index (χ1n) is 5.09. The number of halogens is 1. The second-order valence-corrected chi connectivity index (χ2v) is 4.42. The summed E-state index contributed by atoms with van der Waals surface area (Å²) < 4.78 is 1.04. The van der Waals surface area contributed by atoms with Crippen molar-refractivity contribution in [1.29, 1.82) is 0 Å². The Labute approximate surface area is 103 Å². The van der Waals surface area contributed by atoms with Gasteiger partial charge in [0.15, 0.2) is 0 Å². The molecule has 0 bridgehead atoms. The van der Waals surface area contributed by atoms with Gasteiger partial charge in [-0.2, -0.15) is 0 Å². The SMILES string of the molecule is CC(=O)CC(=O)NCCc1ccccc1Br. The lowest BCUT2D eigenvalue weighted by Crippen LogP contribution is -2.27. The second kappa shape index (κ2) is 6.43. The van der Waals surface area contributed by atoms with Crippen LogP contribution in [-0.2, 0) is 16.0 Å². The number of amides is 1. The maximum absolute atomic E-state index is 11.2. The van der Waals surface area contributed by atoms with E-state index < -0.39 is 0 Å². The molecule has 0 unspecified atom stereocenters. The summed E-state index contributed by atoms with van der Waals surface area (Å²) >= 11 is 3.44. The predicted octanol–water partition coefficient (Wildman–Crippen LogP) is 2.09. The summed E-state index contributed by atoms with van der Waals surface area (Å²) in [5.74, 6) is -0.321. The van der Waals surface area contributed by atoms with Crippen molar-refractivity contribution in [2.45, 2.75) is 19.8 Å². The van der Waals surface area contributed by atoms with E-state index in [-0.39, 0.29) is 18.1 Å². The van der Waals surface area contributed by atoms with Gasteiger partial charge in [-0.15, -0.1) is 0 Å². The molecule has 16 heavy (non-hydrogen) atoms. The highest BCUT2D eigenvalue weighted by molar-refractivity contribution is 9.10. The molecule has 0 aliphatic heterocycles. The van der Waals surface area contributed by atoms with Gasteiger partial charge in [-0.1, -0.05) is 34.1 Å². The van der Waals surface area contributed by atoms with Crippen LogP contribution >= 0.6 is 15.9 Å². The first-order chi connectivity index (χ1) is 7.59. The van der Waals surface area contributed by atoms with E-state index in [4.69, 9.17) is 0 Å². The quantitative estimate of drug-likeness (QED) is 0.841. The Balaban J connectivity index is 2.33. The van der Waals surface area contributed by atoms with Crippen LogP contribution in [0, 0.1) is 0 Å². The number of hydrogen-bond acceptors (Lipinski definition) is 2. The standard InChI is InChI=1S/C12H14BrNO2/c1-9(15)8-12(16)14-7-6-10-4-2-3-5-11(10)13/h2-5H,6-8H2,1H3,(H,14,16). The van der Waals surface area contributed by atoms with Gasteiger partial charge in [0.1, 0.15) is 5.78 Å². The molecular formula is C12H14BrNO2. The fraction of sp³-hybridized carbons (Fsp3) is 0.333. The molecule has 0 saturated carbocycles. The van der Waals surface area contributed by atoms with E-state index in [2.05, 4.69) is 21.2 Å². The summed E-state index contributed by atoms with van der Waals surface area (Å²) in [5, 5.41) is 2.71. The molecule has 1 aromatic carbocycles. The highest BCUT2D eigenvalue weighted by Crippen LogP contribution is 2.15. The van der Waals surface area contributed by atoms with E-state index in [1.165, 1.54) is 6.92 Å². The van der Waals surface area contributed by atoms with Crippen LogP contribution in [0.3, 0.4) is 0 Å². The fourth-order valence-electron chi connectivity index (χ4n) is 1.33. The molecule has 4 heteroatoms. The van der Waals surface area contributed by atoms with Gasteiger partial charge in [-0.05, 0) is 25.0 Å². The van der Waals surface area contributed by atoms with Gasteiger partial charge in [0.2, 0.25) is 5.91 Å². The van der Waals surface area contributed by atoms with Crippen molar-refractivity contribution in [3.8, 4) is 0 Å². The molecule has 1 rings (SSSR count). The van der Waals surface area contributed by atoms with Crippen LogP contribution in [0.5, 0.6) is 0 Å². The van der Waals surface area contributed by atoms with Gasteiger partial charge in [0.25, 0.3) is 0 Å². The molecule has 0 aliphatic rings. The first kappa shape index (κ1) is 12.9. The van der Waals surface area contributed by atoms with E-state index >= 15 is 0 Å². The number of carbonyl (C=O) groups excluding carboxylic acids is 2. The third-order valence-electron chi connectivity index (χ3n) is 2.08. The highest BCUT2D eigenvalue weighted by Gasteiger charge is 2.04. The maximum atomic E-state index is 11.2. The van der Waals surface area contributed by atoms with Crippen molar-refractivity contribution < 1.29 is 9.59 Å². The Morgan fingerprint density at radius 3 is 2.62 bits per heavy atom. The molecule has 0 aliphatic carbocycles. The van der Waals surface area contributed by atoms with Crippen LogP contribution in [0.2, 0.25) is 0 Å². The van der Waals surface area contributed by atoms with Crippen molar-refractivity contribution >= 4 is 27.6 Å². The van der Waals surface area contributed by atoms with E-state index in [1.807, 2.05) is 24.3 Å². The molecule has 1 amide bonds. The number of ketones is 1. The summed E-state index contributed by atoms with van der Waals surface area (Å²) in [5.41, 5.74) is 1.14. The van der Waals surface area contributed by atoms with Crippen molar-refractivity contribution in [2.24, 2.45) is 0 Å². The average Bonchev–Trinajstić information content (AvgIpc) is 2.19. The number of hydrogen-bond donors (Lipinski definition) is 1. The zero-order valence-electron chi connectivity index (χ0n) is 9.13. The summed E-state index contributed by atoms with van der Waals surface area (Å²) in [6, 6.07) is 7.87. The van der Waals surface area contributed by atoms with Crippen molar-refractivity contribution in [2.75, 3.05) is 6.54 Å². The topological polar surface area (TPSA) is 46.2 Å². The Bertz CT molecular complexity index is 390. The molecule has 0 spiro atoms. The minimum Gasteiger partial charge on any atom is -0.355 e. The van der Waals surface area contributed by atoms with E-state index in [1.54, 1.807) is 0 Å². The molecular weight excluding hydrogens is 270 g/mol. The Kier molecular flexibility index (Phi) is 5.19. The zero-order valence-corrected chi connectivity index (χ0v) is 10.7. The normalized spacial score (nSPS) is 9.88. The second-order valence-electron chi connectivity index (χ2n) is 3.57. The lowest BCUT2D eigenvalue weighted by molar-refractivity contribution is -0.127. The number of rotatable bonds is 5. The van der Waals surface area contributed by atoms with Gasteiger partial charge in [-0.3, -0.25) is 9.59 Å². The monoisotopic (exact) mass is 283 g/mol. The largest absolute Gasteiger partial charge is 0.355 e. The minimum absolute atomic E-state index is 0.0318. The van der Waals surface area contributed by atoms with Crippen molar-refractivity contribution in [3.63, 3.8) is 0 Å². The average molecular weight is 284 g/mol. The van der Waals surface area contributed by atoms with Gasteiger partial charge >= 0.3 is 0 Å². The molecule has 0 heterocycles. The molecule has 1 aromatic rings. The third-order valence-corrected chi connectivity index (χ3v) is 2.86. The van der Waals surface area contributed by atoms with Crippen LogP contribution in [0.15, 0.2) is 28.7 Å². The van der Waals surface area contributed by atoms with Gasteiger partial charge < -0.3 is 5.32 Å². The van der Waals surface area contributed by atoms with Crippen LogP contribution in [0.25, 0.3) is 0 Å². The first-order valence-corrected chi connectivity index (χ1v) is 5.88. The Morgan fingerprint density at radius 2 is 2.00 bits per heavy atom. The zero-order chi connectivity index (χ0) is 12.0. The molecule has 0 saturated heterocycles. The van der Waals surface area contributed by atoms with E-state index in [9.17, 15) is 9.59 Å². The maximum Gasteiger partial charge on any atom is 0.227 e. The molecule has 3 nitrogen and oxygen atoms in total. The molecule has 0 atom stereocenters. The van der Waals surface area contributed by atoms with Crippen LogP contribution in [0.1, 0.15) is 18.9 Å². The Hall–Kier alpha value is -1.16. The predicted molar refractivity (Wildman–Crippen MR) is 66.2 cm³/mol. The Morgan fingerprint density at radius 1 is 1.31 bits per heavy atom. The van der Waals surface area contributed by atoms with Gasteiger partial charge in [0, 0.05) is 11.0 Å². The van der Waals surface area contributed by atoms with Gasteiger partial charge in [-0.25, -0.2) is 0 Å². The van der Waals surface area contributed by atoms with Crippen LogP contribution in [-0.4, -0.2) is 18.2 Å². The lowest BCUT2D eigenvalue weighted by Gasteiger charge is -2.05. The van der Waals surface area contributed by atoms with Gasteiger partial charge in [0.05, 0.1) is 6.42 Å². The van der Waals surface area contributed by atoms with E-state index in [0.29, 0.717) is 6.54 Å². The number of benzene rings is 1. The highest BCUT2D eigenvalue weighted by atomic mass is 79.9. The van der Waals surface area contributed by atoms with E-state index in [0.717, 1.165) is 16.5 Å². The molecule has 86 valence electrons. The van der Waals surface area contributed by atoms with Crippen molar-refractivity contribution in [1.82, 2.24) is 5.32 Å². The minimum atomic E-state index is -0.209. The van der Waals surface area contributed by atoms with Crippen LogP contribution in [0.4, 0.5) is 0 Å². The number of nitrogens with one attached hydrogen (secondary N) is 1. The molecule has 0 aromatic heterocycles. The number of Topliss-reactive ketones (excluding diaryl/α,β-unsaturated/α-hetero) is 1.